The summed E-state index contributed by atoms with van der Waals surface area (Å²) in [6.45, 7) is 3.06. The maximum Gasteiger partial charge on any atom is 0.241 e. The summed E-state index contributed by atoms with van der Waals surface area (Å²) in [6.07, 6.45) is 1.82. The average molecular weight is 289 g/mol. The van der Waals surface area contributed by atoms with Crippen molar-refractivity contribution in [3.8, 4) is 5.75 Å². The van der Waals surface area contributed by atoms with E-state index in [9.17, 15) is 9.18 Å². The van der Waals surface area contributed by atoms with Gasteiger partial charge in [0.25, 0.3) is 0 Å². The molecule has 2 N–H and O–H groups in total. The summed E-state index contributed by atoms with van der Waals surface area (Å²) in [6, 6.07) is 4.27. The molecule has 1 unspecified atom stereocenters. The number of benzene rings is 1. The van der Waals surface area contributed by atoms with E-state index >= 15 is 0 Å². The van der Waals surface area contributed by atoms with Crippen molar-refractivity contribution in [2.24, 2.45) is 0 Å². The molecule has 1 amide bonds. The number of carbonyl (C=O) groups excluding carboxylic acids is 1. The molecule has 1 aromatic carbocycles. The lowest BCUT2D eigenvalue weighted by molar-refractivity contribution is -0.117. The van der Waals surface area contributed by atoms with Crippen LogP contribution in [-0.2, 0) is 4.79 Å². The Labute approximate surface area is 118 Å². The zero-order valence-electron chi connectivity index (χ0n) is 10.7. The summed E-state index contributed by atoms with van der Waals surface area (Å²) in [5.74, 6) is -0.375. The second kappa shape index (κ2) is 7.31. The molecule has 1 saturated heterocycles. The number of hydrogen-bond acceptors (Lipinski definition) is 3. The summed E-state index contributed by atoms with van der Waals surface area (Å²) < 4.78 is 18.7. The monoisotopic (exact) mass is 288 g/mol. The van der Waals surface area contributed by atoms with Crippen LogP contribution in [0.2, 0.25) is 0 Å². The lowest BCUT2D eigenvalue weighted by Crippen LogP contribution is -2.35. The van der Waals surface area contributed by atoms with Gasteiger partial charge in [0.05, 0.1) is 12.6 Å². The molecule has 0 radical (unpaired) electrons. The van der Waals surface area contributed by atoms with Crippen LogP contribution in [0.5, 0.6) is 5.75 Å². The van der Waals surface area contributed by atoms with Gasteiger partial charge in [-0.2, -0.15) is 0 Å². The molecule has 1 fully saturated rings. The van der Waals surface area contributed by atoms with Crippen LogP contribution >= 0.6 is 12.4 Å². The van der Waals surface area contributed by atoms with Crippen LogP contribution in [0.3, 0.4) is 0 Å². The molecule has 1 heterocycles. The zero-order valence-corrected chi connectivity index (χ0v) is 11.6. The van der Waals surface area contributed by atoms with E-state index in [1.54, 1.807) is 13.0 Å². The van der Waals surface area contributed by atoms with Crippen molar-refractivity contribution in [3.05, 3.63) is 24.0 Å². The molecule has 0 aliphatic carbocycles. The number of anilines is 1. The van der Waals surface area contributed by atoms with E-state index in [2.05, 4.69) is 10.6 Å². The molecule has 0 aromatic heterocycles. The van der Waals surface area contributed by atoms with Gasteiger partial charge in [0.1, 0.15) is 0 Å². The van der Waals surface area contributed by atoms with Gasteiger partial charge in [0.15, 0.2) is 11.6 Å². The van der Waals surface area contributed by atoms with E-state index in [4.69, 9.17) is 4.74 Å². The first kappa shape index (κ1) is 15.7. The SMILES string of the molecule is CCOc1ccc(NC(=O)C2CCCN2)cc1F.Cl. The van der Waals surface area contributed by atoms with E-state index in [0.717, 1.165) is 19.4 Å². The fourth-order valence-corrected chi connectivity index (χ4v) is 1.99. The van der Waals surface area contributed by atoms with Crippen LogP contribution in [0.1, 0.15) is 19.8 Å². The molecule has 2 rings (SSSR count). The van der Waals surface area contributed by atoms with Gasteiger partial charge in [-0.15, -0.1) is 12.4 Å². The Hall–Kier alpha value is -1.33. The fraction of sp³-hybridized carbons (Fsp3) is 0.462. The fourth-order valence-electron chi connectivity index (χ4n) is 1.99. The number of amides is 1. The standard InChI is InChI=1S/C13H17FN2O2.ClH/c1-2-18-12-6-5-9(8-10(12)14)16-13(17)11-4-3-7-15-11;/h5-6,8,11,15H,2-4,7H2,1H3,(H,16,17);1H. The molecule has 19 heavy (non-hydrogen) atoms. The van der Waals surface area contributed by atoms with E-state index in [0.29, 0.717) is 12.3 Å². The van der Waals surface area contributed by atoms with Crippen LogP contribution in [-0.4, -0.2) is 25.1 Å². The number of rotatable bonds is 4. The van der Waals surface area contributed by atoms with Crippen molar-refractivity contribution in [1.29, 1.82) is 0 Å². The highest BCUT2D eigenvalue weighted by Gasteiger charge is 2.22. The normalized spacial score (nSPS) is 17.7. The van der Waals surface area contributed by atoms with Gasteiger partial charge in [-0.3, -0.25) is 4.79 Å². The molecule has 1 aliphatic rings. The van der Waals surface area contributed by atoms with Gasteiger partial charge in [0, 0.05) is 11.8 Å². The number of nitrogens with one attached hydrogen (secondary N) is 2. The predicted molar refractivity (Wildman–Crippen MR) is 74.5 cm³/mol. The van der Waals surface area contributed by atoms with Crippen LogP contribution in [0.4, 0.5) is 10.1 Å². The van der Waals surface area contributed by atoms with Crippen LogP contribution in [0.25, 0.3) is 0 Å². The number of carbonyl (C=O) groups is 1. The molecular formula is C13H18ClFN2O2. The van der Waals surface area contributed by atoms with Crippen LogP contribution in [0, 0.1) is 5.82 Å². The molecule has 6 heteroatoms. The third kappa shape index (κ3) is 4.08. The Morgan fingerprint density at radius 1 is 1.58 bits per heavy atom. The second-order valence-electron chi connectivity index (χ2n) is 4.22. The van der Waals surface area contributed by atoms with E-state index in [1.807, 2.05) is 0 Å². The lowest BCUT2D eigenvalue weighted by atomic mass is 10.2. The van der Waals surface area contributed by atoms with Crippen LogP contribution < -0.4 is 15.4 Å². The molecule has 1 aliphatic heterocycles. The molecule has 106 valence electrons. The molecule has 1 atom stereocenters. The zero-order chi connectivity index (χ0) is 13.0. The van der Waals surface area contributed by atoms with Crippen molar-refractivity contribution in [1.82, 2.24) is 5.32 Å². The Balaban J connectivity index is 0.00000180. The van der Waals surface area contributed by atoms with Crippen molar-refractivity contribution in [2.75, 3.05) is 18.5 Å². The van der Waals surface area contributed by atoms with Crippen molar-refractivity contribution in [3.63, 3.8) is 0 Å². The van der Waals surface area contributed by atoms with Gasteiger partial charge in [-0.1, -0.05) is 0 Å². The van der Waals surface area contributed by atoms with Gasteiger partial charge >= 0.3 is 0 Å². The summed E-state index contributed by atoms with van der Waals surface area (Å²) >= 11 is 0. The summed E-state index contributed by atoms with van der Waals surface area (Å²) in [5.41, 5.74) is 0.453. The second-order valence-corrected chi connectivity index (χ2v) is 4.22. The largest absolute Gasteiger partial charge is 0.491 e. The Morgan fingerprint density at radius 3 is 2.95 bits per heavy atom. The highest BCUT2D eigenvalue weighted by molar-refractivity contribution is 5.95. The minimum atomic E-state index is -0.464. The molecule has 0 spiro atoms. The first-order valence-electron chi connectivity index (χ1n) is 6.17. The molecule has 0 bridgehead atoms. The minimum Gasteiger partial charge on any atom is -0.491 e. The van der Waals surface area contributed by atoms with E-state index in [-0.39, 0.29) is 30.1 Å². The average Bonchev–Trinajstić information content (AvgIpc) is 2.86. The topological polar surface area (TPSA) is 50.4 Å². The predicted octanol–water partition coefficient (Wildman–Crippen LogP) is 2.34. The van der Waals surface area contributed by atoms with Crippen LogP contribution in [0.15, 0.2) is 18.2 Å². The first-order chi connectivity index (χ1) is 8.70. The van der Waals surface area contributed by atoms with Gasteiger partial charge in [-0.05, 0) is 38.4 Å². The van der Waals surface area contributed by atoms with Gasteiger partial charge < -0.3 is 15.4 Å². The Bertz CT molecular complexity index is 437. The molecule has 4 nitrogen and oxygen atoms in total. The third-order valence-corrected chi connectivity index (χ3v) is 2.88. The molecule has 0 saturated carbocycles. The van der Waals surface area contributed by atoms with Gasteiger partial charge in [0.2, 0.25) is 5.91 Å². The summed E-state index contributed by atoms with van der Waals surface area (Å²) in [4.78, 5) is 11.8. The minimum absolute atomic E-state index is 0. The number of halogens is 2. The van der Waals surface area contributed by atoms with Crippen molar-refractivity contribution in [2.45, 2.75) is 25.8 Å². The highest BCUT2D eigenvalue weighted by Crippen LogP contribution is 2.21. The van der Waals surface area contributed by atoms with Gasteiger partial charge in [-0.25, -0.2) is 4.39 Å². The smallest absolute Gasteiger partial charge is 0.241 e. The Kier molecular flexibility index (Phi) is 6.05. The van der Waals surface area contributed by atoms with Crippen molar-refractivity contribution < 1.29 is 13.9 Å². The summed E-state index contributed by atoms with van der Waals surface area (Å²) in [5, 5.41) is 5.79. The number of ether oxygens (including phenoxy) is 1. The Morgan fingerprint density at radius 2 is 2.37 bits per heavy atom. The third-order valence-electron chi connectivity index (χ3n) is 2.88. The quantitative estimate of drug-likeness (QED) is 0.894. The van der Waals surface area contributed by atoms with E-state index in [1.165, 1.54) is 12.1 Å². The maximum absolute atomic E-state index is 13.6. The lowest BCUT2D eigenvalue weighted by Gasteiger charge is -2.12. The van der Waals surface area contributed by atoms with Crippen molar-refractivity contribution >= 4 is 24.0 Å². The summed E-state index contributed by atoms with van der Waals surface area (Å²) in [7, 11) is 0. The maximum atomic E-state index is 13.6. The highest BCUT2D eigenvalue weighted by atomic mass is 35.5. The first-order valence-corrected chi connectivity index (χ1v) is 6.17. The number of hydrogen-bond donors (Lipinski definition) is 2. The van der Waals surface area contributed by atoms with E-state index < -0.39 is 5.82 Å². The molecule has 1 aromatic rings. The molecular weight excluding hydrogens is 271 g/mol.